The summed E-state index contributed by atoms with van der Waals surface area (Å²) in [4.78, 5) is 59.3. The van der Waals surface area contributed by atoms with Gasteiger partial charge in [-0.3, -0.25) is 19.2 Å². The molecular weight excluding hydrogens is 880 g/mol. The molecule has 17 heteroatoms. The maximum absolute atomic E-state index is 13.9. The average molecular weight is 942 g/mol. The van der Waals surface area contributed by atoms with Gasteiger partial charge in [-0.1, -0.05) is 84.3 Å². The molecule has 15 nitrogen and oxygen atoms in total. The van der Waals surface area contributed by atoms with Crippen molar-refractivity contribution < 1.29 is 33.8 Å². The zero-order valence-corrected chi connectivity index (χ0v) is 40.2. The zero-order valence-electron chi connectivity index (χ0n) is 38.7. The van der Waals surface area contributed by atoms with Crippen molar-refractivity contribution >= 4 is 52.4 Å². The van der Waals surface area contributed by atoms with Crippen molar-refractivity contribution in [3.63, 3.8) is 0 Å². The second-order valence-electron chi connectivity index (χ2n) is 19.3. The smallest absolute Gasteiger partial charge is 0.251 e. The number of nitrogens with one attached hydrogen (secondary N) is 4. The largest absolute Gasteiger partial charge is 0.489 e. The van der Waals surface area contributed by atoms with Gasteiger partial charge >= 0.3 is 0 Å². The zero-order chi connectivity index (χ0) is 47.8. The monoisotopic (exact) mass is 940 g/mol. The molecule has 352 valence electrons. The van der Waals surface area contributed by atoms with E-state index in [1.807, 2.05) is 57.2 Å². The van der Waals surface area contributed by atoms with Crippen molar-refractivity contribution in [3.8, 4) is 22.4 Å². The highest BCUT2D eigenvalue weighted by Crippen LogP contribution is 2.55. The predicted octanol–water partition coefficient (Wildman–Crippen LogP) is 6.75. The number of unbranched alkanes of at least 4 members (excludes halogenated alkanes) is 2. The highest BCUT2D eigenvalue weighted by atomic mass is 35.5. The number of nitrogens with zero attached hydrogens (tertiary/aromatic N) is 4. The lowest BCUT2D eigenvalue weighted by atomic mass is 9.49. The number of ether oxygens (including phenoxy) is 2. The van der Waals surface area contributed by atoms with Crippen LogP contribution in [0.1, 0.15) is 95.6 Å². The van der Waals surface area contributed by atoms with Gasteiger partial charge in [-0.15, -0.1) is 0 Å². The van der Waals surface area contributed by atoms with E-state index in [9.17, 15) is 29.5 Å². The van der Waals surface area contributed by atoms with Crippen molar-refractivity contribution in [1.29, 1.82) is 5.26 Å². The van der Waals surface area contributed by atoms with Crippen LogP contribution < -0.4 is 26.0 Å². The molecule has 1 saturated heterocycles. The van der Waals surface area contributed by atoms with E-state index < -0.39 is 35.4 Å². The Morgan fingerprint density at radius 1 is 1.00 bits per heavy atom. The van der Waals surface area contributed by atoms with Crippen LogP contribution in [0.15, 0.2) is 73.1 Å². The Hall–Kier alpha value is -5.60. The van der Waals surface area contributed by atoms with Crippen molar-refractivity contribution in [3.05, 3.63) is 94.8 Å². The fraction of sp³-hybridized carbons (Fsp3) is 0.490. The fourth-order valence-corrected chi connectivity index (χ4v) is 9.89. The van der Waals surface area contributed by atoms with Crippen molar-refractivity contribution in [2.45, 2.75) is 111 Å². The molecule has 1 aliphatic carbocycles. The Balaban J connectivity index is 0.875. The number of rotatable bonds is 19. The van der Waals surface area contributed by atoms with E-state index in [1.54, 1.807) is 30.3 Å². The number of hydrogen-bond donors (Lipinski definition) is 5. The summed E-state index contributed by atoms with van der Waals surface area (Å²) in [5.41, 5.74) is 2.18. The molecule has 2 fully saturated rings. The molecule has 1 aliphatic heterocycles. The first-order chi connectivity index (χ1) is 31.3. The minimum Gasteiger partial charge on any atom is -0.489 e. The van der Waals surface area contributed by atoms with Gasteiger partial charge in [-0.25, -0.2) is 4.98 Å². The van der Waals surface area contributed by atoms with Gasteiger partial charge < -0.3 is 40.7 Å². The summed E-state index contributed by atoms with van der Waals surface area (Å²) in [6.07, 6.45) is 2.96. The predicted molar refractivity (Wildman–Crippen MR) is 254 cm³/mol. The van der Waals surface area contributed by atoms with Gasteiger partial charge in [-0.2, -0.15) is 9.64 Å². The molecule has 0 spiro atoms. The quantitative estimate of drug-likeness (QED) is 0.0622. The Bertz CT molecular complexity index is 2350. The molecule has 2 aliphatic rings. The maximum atomic E-state index is 13.9. The first kappa shape index (κ1) is 49.8. The standard InChI is InChI=1S/C49H61ClN8O7S/c1-47(2,3)40(44(63)58-27-35(59)23-38(58)42(62)53-26-30-11-13-32(14-12-30)43-54-29-55-66-43)56-39(60)28-64-22-10-8-9-21-52-34-18-15-31(16-19-34)41(61)57-45-48(4,5)46(49(45,6)7)65-36-20-17-33(25-51)37(50)24-36/h11-20,24,29,35,38,40,45-46,52,59H,8-10,21-23,26-28H2,1-7H3,(H,53,62)(H,56,60)(H,57,61)/t35-,38?,40-,45-,46-/m1/s1. The lowest BCUT2D eigenvalue weighted by Gasteiger charge is -2.63. The Morgan fingerprint density at radius 2 is 1.71 bits per heavy atom. The number of hydrogen-bond acceptors (Lipinski definition) is 12. The second-order valence-corrected chi connectivity index (χ2v) is 20.5. The molecule has 4 aromatic rings. The molecule has 6 rings (SSSR count). The Morgan fingerprint density at radius 3 is 2.35 bits per heavy atom. The number of likely N-dealkylation sites (tertiary alicyclic amines) is 1. The van der Waals surface area contributed by atoms with Crippen LogP contribution in [0.3, 0.4) is 0 Å². The number of benzene rings is 3. The third-order valence-corrected chi connectivity index (χ3v) is 13.4. The summed E-state index contributed by atoms with van der Waals surface area (Å²) in [6.45, 7) is 14.9. The minimum atomic E-state index is -0.950. The van der Waals surface area contributed by atoms with Crippen LogP contribution in [0.5, 0.6) is 5.75 Å². The van der Waals surface area contributed by atoms with E-state index in [1.165, 1.54) is 22.8 Å². The van der Waals surface area contributed by atoms with Crippen molar-refractivity contribution in [2.75, 3.05) is 31.6 Å². The van der Waals surface area contributed by atoms with Crippen LogP contribution in [0, 0.1) is 27.6 Å². The summed E-state index contributed by atoms with van der Waals surface area (Å²) < 4.78 is 16.1. The van der Waals surface area contributed by atoms with Gasteiger partial charge in [-0.05, 0) is 78.2 Å². The molecule has 66 heavy (non-hydrogen) atoms. The van der Waals surface area contributed by atoms with Crippen LogP contribution in [0.2, 0.25) is 5.02 Å². The number of anilines is 1. The Kier molecular flexibility index (Phi) is 16.1. The van der Waals surface area contributed by atoms with Crippen LogP contribution in [0.4, 0.5) is 5.69 Å². The van der Waals surface area contributed by atoms with Gasteiger partial charge in [0.2, 0.25) is 17.7 Å². The SMILES string of the molecule is CC(C)(C)[C@H](NC(=O)COCCCCCNc1ccc(C(=O)N[C@H]2C(C)(C)[C@H](Oc3ccc(C#N)c(Cl)c3)C2(C)C)cc1)C(=O)N1C[C@H](O)CC1C(=O)NCc1ccc(-c2ncns2)cc1. The summed E-state index contributed by atoms with van der Waals surface area (Å²) in [5.74, 6) is -0.841. The molecule has 1 unspecified atom stereocenters. The molecule has 0 bridgehead atoms. The van der Waals surface area contributed by atoms with Crippen LogP contribution in [-0.4, -0.2) is 99.6 Å². The Labute approximate surface area is 396 Å². The molecular formula is C49H61ClN8O7S. The normalized spacial score (nSPS) is 20.0. The first-order valence-electron chi connectivity index (χ1n) is 22.3. The van der Waals surface area contributed by atoms with E-state index in [2.05, 4.69) is 64.4 Å². The third-order valence-electron chi connectivity index (χ3n) is 12.4. The average Bonchev–Trinajstić information content (AvgIpc) is 3.97. The molecule has 1 saturated carbocycles. The molecule has 5 N–H and O–H groups in total. The third kappa shape index (κ3) is 12.0. The lowest BCUT2D eigenvalue weighted by molar-refractivity contribution is -0.164. The number of amides is 4. The first-order valence-corrected chi connectivity index (χ1v) is 23.4. The van der Waals surface area contributed by atoms with Crippen LogP contribution in [0.25, 0.3) is 10.6 Å². The minimum absolute atomic E-state index is 0.0142. The highest BCUT2D eigenvalue weighted by molar-refractivity contribution is 7.09. The van der Waals surface area contributed by atoms with Gasteiger partial charge in [0.05, 0.1) is 16.7 Å². The van der Waals surface area contributed by atoms with Crippen LogP contribution >= 0.6 is 23.1 Å². The van der Waals surface area contributed by atoms with Crippen molar-refractivity contribution in [2.24, 2.45) is 16.2 Å². The highest BCUT2D eigenvalue weighted by Gasteiger charge is 2.64. The molecule has 1 aromatic heterocycles. The number of nitriles is 1. The number of aromatic nitrogens is 2. The molecule has 4 amide bonds. The van der Waals surface area contributed by atoms with E-state index >= 15 is 0 Å². The number of aliphatic hydroxyl groups is 1. The van der Waals surface area contributed by atoms with Gasteiger partial charge in [0.15, 0.2) is 0 Å². The number of halogens is 1. The fourth-order valence-electron chi connectivity index (χ4n) is 9.15. The molecule has 3 atom stereocenters. The lowest BCUT2D eigenvalue weighted by Crippen LogP contribution is -2.74. The number of aliphatic hydroxyl groups excluding tert-OH is 1. The maximum Gasteiger partial charge on any atom is 0.251 e. The molecule has 3 aromatic carbocycles. The van der Waals surface area contributed by atoms with Crippen molar-refractivity contribution in [1.82, 2.24) is 30.2 Å². The number of carbonyl (C=O) groups is 4. The topological polar surface area (TPSA) is 208 Å². The second kappa shape index (κ2) is 21.4. The number of β-amino-alcohol motifs (C(OH)–C–C–N with tert-alkyl or cyclic N) is 1. The number of carbonyl (C=O) groups excluding carboxylic acids is 4. The summed E-state index contributed by atoms with van der Waals surface area (Å²) in [5, 5.41) is 33.2. The van der Waals surface area contributed by atoms with E-state index in [-0.39, 0.29) is 60.9 Å². The summed E-state index contributed by atoms with van der Waals surface area (Å²) in [7, 11) is 0. The van der Waals surface area contributed by atoms with E-state index in [4.69, 9.17) is 21.1 Å². The summed E-state index contributed by atoms with van der Waals surface area (Å²) >= 11 is 7.53. The van der Waals surface area contributed by atoms with Gasteiger partial charge in [0, 0.05) is 72.4 Å². The molecule has 0 radical (unpaired) electrons. The summed E-state index contributed by atoms with van der Waals surface area (Å²) in [6, 6.07) is 20.1. The van der Waals surface area contributed by atoms with Gasteiger partial charge in [0.1, 0.15) is 47.9 Å². The van der Waals surface area contributed by atoms with Crippen LogP contribution in [-0.2, 0) is 25.7 Å². The van der Waals surface area contributed by atoms with E-state index in [0.717, 1.165) is 41.1 Å². The molecule has 2 heterocycles. The van der Waals surface area contributed by atoms with Gasteiger partial charge in [0.25, 0.3) is 5.91 Å². The van der Waals surface area contributed by atoms with E-state index in [0.29, 0.717) is 35.1 Å².